The first-order valence-electron chi connectivity index (χ1n) is 17.1. The highest BCUT2D eigenvalue weighted by molar-refractivity contribution is 6.23. The van der Waals surface area contributed by atoms with E-state index in [0.29, 0.717) is 5.58 Å². The van der Waals surface area contributed by atoms with E-state index in [1.54, 1.807) is 6.07 Å². The maximum absolute atomic E-state index is 10.5. The van der Waals surface area contributed by atoms with Crippen LogP contribution in [0.1, 0.15) is 52.7 Å². The first-order valence-corrected chi connectivity index (χ1v) is 17.1. The largest absolute Gasteiger partial charge is 0.504 e. The third kappa shape index (κ3) is 5.21. The van der Waals surface area contributed by atoms with Crippen LogP contribution in [0.5, 0.6) is 5.75 Å². The minimum Gasteiger partial charge on any atom is -0.504 e. The van der Waals surface area contributed by atoms with Gasteiger partial charge in [-0.25, -0.2) is 0 Å². The number of nitrogens with zero attached hydrogens (tertiary/aromatic N) is 1. The molecular formula is C46H41NO2. The van der Waals surface area contributed by atoms with Crippen LogP contribution in [-0.2, 0) is 10.8 Å². The minimum absolute atomic E-state index is 0.0545. The van der Waals surface area contributed by atoms with E-state index in [-0.39, 0.29) is 16.6 Å². The van der Waals surface area contributed by atoms with Gasteiger partial charge in [0.2, 0.25) is 0 Å². The average molecular weight is 640 g/mol. The van der Waals surface area contributed by atoms with Gasteiger partial charge < -0.3 is 14.4 Å². The maximum atomic E-state index is 10.5. The molecule has 0 unspecified atom stereocenters. The Kier molecular flexibility index (Phi) is 7.08. The molecule has 242 valence electrons. The lowest BCUT2D eigenvalue weighted by atomic mass is 9.86. The van der Waals surface area contributed by atoms with Gasteiger partial charge in [-0.2, -0.15) is 0 Å². The Morgan fingerprint density at radius 3 is 1.49 bits per heavy atom. The fourth-order valence-electron chi connectivity index (χ4n) is 7.22. The molecule has 0 saturated heterocycles. The lowest BCUT2D eigenvalue weighted by molar-refractivity contribution is 0.469. The van der Waals surface area contributed by atoms with E-state index in [0.717, 1.165) is 39.0 Å². The zero-order valence-corrected chi connectivity index (χ0v) is 29.0. The van der Waals surface area contributed by atoms with E-state index in [9.17, 15) is 5.11 Å². The van der Waals surface area contributed by atoms with Crippen LogP contribution in [0.3, 0.4) is 0 Å². The van der Waals surface area contributed by atoms with Crippen molar-refractivity contribution in [3.63, 3.8) is 0 Å². The normalized spacial score (nSPS) is 12.4. The molecule has 0 amide bonds. The topological polar surface area (TPSA) is 36.6 Å². The van der Waals surface area contributed by atoms with Gasteiger partial charge in [0.05, 0.1) is 5.69 Å². The molecule has 1 heterocycles. The Morgan fingerprint density at radius 2 is 0.980 bits per heavy atom. The van der Waals surface area contributed by atoms with E-state index in [2.05, 4.69) is 156 Å². The third-order valence-corrected chi connectivity index (χ3v) is 9.87. The van der Waals surface area contributed by atoms with Crippen molar-refractivity contribution < 1.29 is 9.52 Å². The van der Waals surface area contributed by atoms with Crippen LogP contribution in [0, 0.1) is 0 Å². The van der Waals surface area contributed by atoms with Crippen LogP contribution >= 0.6 is 0 Å². The number of phenolic OH excluding ortho intramolecular Hbond substituents is 1. The van der Waals surface area contributed by atoms with Gasteiger partial charge in [0.25, 0.3) is 0 Å². The van der Waals surface area contributed by atoms with Gasteiger partial charge in [-0.1, -0.05) is 133 Å². The summed E-state index contributed by atoms with van der Waals surface area (Å²) in [7, 11) is 0. The van der Waals surface area contributed by atoms with Gasteiger partial charge in [-0.05, 0) is 86.3 Å². The molecule has 7 aromatic carbocycles. The number of hydrogen-bond donors (Lipinski definition) is 1. The van der Waals surface area contributed by atoms with Crippen LogP contribution in [0.25, 0.3) is 54.6 Å². The number of para-hydroxylation sites is 1. The molecule has 0 saturated carbocycles. The molecule has 0 spiro atoms. The van der Waals surface area contributed by atoms with Crippen molar-refractivity contribution in [3.05, 3.63) is 145 Å². The van der Waals surface area contributed by atoms with Crippen molar-refractivity contribution in [3.8, 4) is 16.9 Å². The van der Waals surface area contributed by atoms with Crippen LogP contribution in [0.15, 0.2) is 138 Å². The average Bonchev–Trinajstić information content (AvgIpc) is 3.47. The fraction of sp³-hybridized carbons (Fsp3) is 0.174. The van der Waals surface area contributed by atoms with E-state index in [1.807, 2.05) is 18.2 Å². The molecule has 8 rings (SSSR count). The summed E-state index contributed by atoms with van der Waals surface area (Å²) in [6.07, 6.45) is 0. The summed E-state index contributed by atoms with van der Waals surface area (Å²) in [5, 5.41) is 17.1. The summed E-state index contributed by atoms with van der Waals surface area (Å²) < 4.78 is 6.10. The van der Waals surface area contributed by atoms with Crippen molar-refractivity contribution in [1.29, 1.82) is 0 Å². The van der Waals surface area contributed by atoms with Gasteiger partial charge in [-0.3, -0.25) is 0 Å². The Morgan fingerprint density at radius 1 is 0.490 bits per heavy atom. The molecule has 1 N–H and O–H groups in total. The van der Waals surface area contributed by atoms with Gasteiger partial charge in [-0.15, -0.1) is 0 Å². The van der Waals surface area contributed by atoms with Crippen LogP contribution in [0.4, 0.5) is 17.1 Å². The molecule has 3 heteroatoms. The summed E-state index contributed by atoms with van der Waals surface area (Å²) in [6.45, 7) is 13.6. The second-order valence-corrected chi connectivity index (χ2v) is 15.2. The molecule has 0 atom stereocenters. The molecule has 0 aliphatic carbocycles. The Hall–Kier alpha value is -5.54. The molecule has 1 aromatic heterocycles. The van der Waals surface area contributed by atoms with Crippen LogP contribution in [-0.4, -0.2) is 5.11 Å². The standard InChI is InChI=1S/C46H41NO2/c1-45(2,3)30-19-23-32(24-20-30)47(33-25-21-31(22-26-33)46(4,5)6)43-36-14-9-7-12-34(36)42(35-13-8-10-15-37(35)43)29-18-27-41-39(28-29)38-16-11-17-40(48)44(38)49-41/h7-28,48H,1-6H3. The third-order valence-electron chi connectivity index (χ3n) is 9.87. The highest BCUT2D eigenvalue weighted by Crippen LogP contribution is 2.49. The molecular weight excluding hydrogens is 599 g/mol. The highest BCUT2D eigenvalue weighted by Gasteiger charge is 2.24. The van der Waals surface area contributed by atoms with Gasteiger partial charge in [0.1, 0.15) is 5.58 Å². The van der Waals surface area contributed by atoms with Crippen molar-refractivity contribution in [2.24, 2.45) is 0 Å². The number of anilines is 3. The molecule has 3 nitrogen and oxygen atoms in total. The van der Waals surface area contributed by atoms with Crippen LogP contribution in [0.2, 0.25) is 0 Å². The first kappa shape index (κ1) is 30.8. The monoisotopic (exact) mass is 639 g/mol. The number of hydrogen-bond acceptors (Lipinski definition) is 3. The molecule has 0 fully saturated rings. The number of furan rings is 1. The summed E-state index contributed by atoms with van der Waals surface area (Å²) in [5.74, 6) is 0.154. The number of rotatable bonds is 4. The number of aromatic hydroxyl groups is 1. The summed E-state index contributed by atoms with van der Waals surface area (Å²) in [6, 6.07) is 47.6. The van der Waals surface area contributed by atoms with Gasteiger partial charge >= 0.3 is 0 Å². The molecule has 0 radical (unpaired) electrons. The fourth-order valence-corrected chi connectivity index (χ4v) is 7.22. The van der Waals surface area contributed by atoms with E-state index in [4.69, 9.17) is 4.42 Å². The smallest absolute Gasteiger partial charge is 0.176 e. The predicted molar refractivity (Wildman–Crippen MR) is 208 cm³/mol. The zero-order chi connectivity index (χ0) is 34.1. The van der Waals surface area contributed by atoms with Crippen LogP contribution < -0.4 is 4.90 Å². The molecule has 0 aliphatic heterocycles. The van der Waals surface area contributed by atoms with Gasteiger partial charge in [0.15, 0.2) is 11.3 Å². The Labute approximate surface area is 288 Å². The van der Waals surface area contributed by atoms with Gasteiger partial charge in [0, 0.05) is 32.9 Å². The van der Waals surface area contributed by atoms with Crippen molar-refractivity contribution in [2.45, 2.75) is 52.4 Å². The first-order chi connectivity index (χ1) is 23.5. The van der Waals surface area contributed by atoms with Crippen molar-refractivity contribution in [2.75, 3.05) is 4.90 Å². The summed E-state index contributed by atoms with van der Waals surface area (Å²) in [5.41, 5.74) is 9.67. The highest BCUT2D eigenvalue weighted by atomic mass is 16.4. The second kappa shape index (κ2) is 11.3. The lowest BCUT2D eigenvalue weighted by Crippen LogP contribution is -2.15. The van der Waals surface area contributed by atoms with E-state index in [1.165, 1.54) is 38.2 Å². The predicted octanol–water partition coefficient (Wildman–Crippen LogP) is 13.3. The number of benzene rings is 7. The zero-order valence-electron chi connectivity index (χ0n) is 29.0. The molecule has 8 aromatic rings. The summed E-state index contributed by atoms with van der Waals surface area (Å²) in [4.78, 5) is 2.43. The quantitative estimate of drug-likeness (QED) is 0.195. The summed E-state index contributed by atoms with van der Waals surface area (Å²) >= 11 is 0. The van der Waals surface area contributed by atoms with Crippen molar-refractivity contribution in [1.82, 2.24) is 0 Å². The molecule has 0 bridgehead atoms. The lowest BCUT2D eigenvalue weighted by Gasteiger charge is -2.31. The SMILES string of the molecule is CC(C)(C)c1ccc(N(c2ccc(C(C)(C)C)cc2)c2c3ccccc3c(-c3ccc4oc5c(O)cccc5c4c3)c3ccccc23)cc1. The number of fused-ring (bicyclic) bond motifs is 5. The maximum Gasteiger partial charge on any atom is 0.176 e. The number of phenols is 1. The Balaban J connectivity index is 1.43. The van der Waals surface area contributed by atoms with Crippen molar-refractivity contribution >= 4 is 60.5 Å². The Bertz CT molecular complexity index is 2390. The molecule has 49 heavy (non-hydrogen) atoms. The van der Waals surface area contributed by atoms with E-state index >= 15 is 0 Å². The second-order valence-electron chi connectivity index (χ2n) is 15.2. The molecule has 0 aliphatic rings. The minimum atomic E-state index is 0.0545. The van der Waals surface area contributed by atoms with E-state index < -0.39 is 0 Å².